The van der Waals surface area contributed by atoms with Gasteiger partial charge in [0.25, 0.3) is 5.78 Å². The minimum atomic E-state index is -1.05. The number of anilines is 1. The Balaban J connectivity index is 1.93. The van der Waals surface area contributed by atoms with E-state index in [2.05, 4.69) is 5.16 Å². The number of hydrogen-bond donors (Lipinski definition) is 1. The van der Waals surface area contributed by atoms with Gasteiger partial charge in [0, 0.05) is 17.2 Å². The molecule has 0 bridgehead atoms. The summed E-state index contributed by atoms with van der Waals surface area (Å²) in [6.45, 7) is 5.49. The first kappa shape index (κ1) is 23.9. The Kier molecular flexibility index (Phi) is 6.50. The largest absolute Gasteiger partial charge is 0.507 e. The molecule has 0 aliphatic carbocycles. The lowest BCUT2D eigenvalue weighted by molar-refractivity contribution is -0.132. The van der Waals surface area contributed by atoms with E-state index in [0.717, 1.165) is 0 Å². The molecule has 9 heteroatoms. The van der Waals surface area contributed by atoms with Crippen molar-refractivity contribution >= 4 is 23.3 Å². The molecule has 1 unspecified atom stereocenters. The fourth-order valence-electron chi connectivity index (χ4n) is 4.00. The molecule has 1 aliphatic heterocycles. The number of methoxy groups -OCH3 is 2. The summed E-state index contributed by atoms with van der Waals surface area (Å²) in [5, 5.41) is 15.2. The van der Waals surface area contributed by atoms with Crippen molar-refractivity contribution in [2.45, 2.75) is 32.9 Å². The molecule has 1 aliphatic rings. The lowest BCUT2D eigenvalue weighted by Crippen LogP contribution is -2.30. The van der Waals surface area contributed by atoms with Gasteiger partial charge in [0.1, 0.15) is 34.8 Å². The number of ketones is 1. The monoisotopic (exact) mass is 478 g/mol. The van der Waals surface area contributed by atoms with Crippen molar-refractivity contribution in [1.82, 2.24) is 5.16 Å². The second kappa shape index (κ2) is 9.54. The van der Waals surface area contributed by atoms with Crippen LogP contribution in [0.1, 0.15) is 36.8 Å². The Labute approximate surface area is 202 Å². The SMILES string of the molecule is COc1ccc(OC)c(C2C(=C(O)c3ccc(OC(C)C)cc3)C(=O)C(=O)N2c2cc(C)on2)c1. The molecule has 0 saturated carbocycles. The molecular weight excluding hydrogens is 452 g/mol. The molecule has 1 fully saturated rings. The number of benzene rings is 2. The summed E-state index contributed by atoms with van der Waals surface area (Å²) in [4.78, 5) is 27.7. The minimum Gasteiger partial charge on any atom is -0.507 e. The fraction of sp³-hybridized carbons (Fsp3) is 0.269. The highest BCUT2D eigenvalue weighted by molar-refractivity contribution is 6.51. The van der Waals surface area contributed by atoms with Gasteiger partial charge in [0.2, 0.25) is 0 Å². The second-order valence-electron chi connectivity index (χ2n) is 8.26. The van der Waals surface area contributed by atoms with E-state index in [1.54, 1.807) is 55.5 Å². The Morgan fingerprint density at radius 2 is 1.71 bits per heavy atom. The summed E-state index contributed by atoms with van der Waals surface area (Å²) in [6.07, 6.45) is -0.0220. The van der Waals surface area contributed by atoms with E-state index in [4.69, 9.17) is 18.7 Å². The molecule has 1 aromatic heterocycles. The number of ether oxygens (including phenoxy) is 3. The predicted octanol–water partition coefficient (Wildman–Crippen LogP) is 4.41. The van der Waals surface area contributed by atoms with Crippen LogP contribution in [-0.2, 0) is 9.59 Å². The van der Waals surface area contributed by atoms with Crippen molar-refractivity contribution in [3.8, 4) is 17.2 Å². The molecule has 182 valence electrons. The molecular formula is C26H26N2O7. The van der Waals surface area contributed by atoms with Crippen molar-refractivity contribution in [1.29, 1.82) is 0 Å². The van der Waals surface area contributed by atoms with Crippen LogP contribution in [-0.4, -0.2) is 42.3 Å². The zero-order valence-corrected chi connectivity index (χ0v) is 20.1. The summed E-state index contributed by atoms with van der Waals surface area (Å²) >= 11 is 0. The quantitative estimate of drug-likeness (QED) is 0.302. The Morgan fingerprint density at radius 1 is 1.03 bits per heavy atom. The van der Waals surface area contributed by atoms with E-state index < -0.39 is 17.7 Å². The van der Waals surface area contributed by atoms with E-state index in [1.807, 2.05) is 13.8 Å². The summed E-state index contributed by atoms with van der Waals surface area (Å²) in [7, 11) is 2.98. The number of aryl methyl sites for hydroxylation is 1. The third kappa shape index (κ3) is 4.44. The van der Waals surface area contributed by atoms with Gasteiger partial charge in [0.15, 0.2) is 5.82 Å². The molecule has 2 aromatic carbocycles. The van der Waals surface area contributed by atoms with Crippen molar-refractivity contribution < 1.29 is 33.4 Å². The second-order valence-corrected chi connectivity index (χ2v) is 8.26. The van der Waals surface area contributed by atoms with Gasteiger partial charge >= 0.3 is 5.91 Å². The first-order valence-electron chi connectivity index (χ1n) is 11.0. The van der Waals surface area contributed by atoms with Gasteiger partial charge in [-0.15, -0.1) is 0 Å². The zero-order chi connectivity index (χ0) is 25.3. The number of Topliss-reactive ketones (excluding diaryl/α,β-unsaturated/α-hetero) is 1. The third-order valence-corrected chi connectivity index (χ3v) is 5.54. The van der Waals surface area contributed by atoms with E-state index in [9.17, 15) is 14.7 Å². The average molecular weight is 479 g/mol. The number of amides is 1. The van der Waals surface area contributed by atoms with Gasteiger partial charge in [0.05, 0.1) is 25.9 Å². The van der Waals surface area contributed by atoms with Crippen LogP contribution < -0.4 is 19.1 Å². The highest BCUT2D eigenvalue weighted by atomic mass is 16.5. The number of aliphatic hydroxyl groups is 1. The molecule has 3 aromatic rings. The predicted molar refractivity (Wildman–Crippen MR) is 128 cm³/mol. The van der Waals surface area contributed by atoms with E-state index >= 15 is 0 Å². The molecule has 9 nitrogen and oxygen atoms in total. The Morgan fingerprint density at radius 3 is 2.29 bits per heavy atom. The lowest BCUT2D eigenvalue weighted by Gasteiger charge is -2.24. The van der Waals surface area contributed by atoms with Crippen LogP contribution in [0.5, 0.6) is 17.2 Å². The smallest absolute Gasteiger partial charge is 0.301 e. The molecule has 0 radical (unpaired) electrons. The molecule has 1 amide bonds. The maximum absolute atomic E-state index is 13.3. The third-order valence-electron chi connectivity index (χ3n) is 5.54. The number of hydrogen-bond acceptors (Lipinski definition) is 8. The molecule has 1 saturated heterocycles. The van der Waals surface area contributed by atoms with Crippen molar-refractivity contribution in [2.75, 3.05) is 19.1 Å². The van der Waals surface area contributed by atoms with Gasteiger partial charge in [-0.25, -0.2) is 0 Å². The van der Waals surface area contributed by atoms with Gasteiger partial charge in [-0.3, -0.25) is 14.5 Å². The van der Waals surface area contributed by atoms with Crippen LogP contribution >= 0.6 is 0 Å². The summed E-state index contributed by atoms with van der Waals surface area (Å²) in [6, 6.07) is 12.1. The highest BCUT2D eigenvalue weighted by Crippen LogP contribution is 2.45. The van der Waals surface area contributed by atoms with Gasteiger partial charge < -0.3 is 23.8 Å². The van der Waals surface area contributed by atoms with Gasteiger partial charge in [-0.1, -0.05) is 5.16 Å². The van der Waals surface area contributed by atoms with Gasteiger partial charge in [-0.05, 0) is 63.2 Å². The number of rotatable bonds is 7. The van der Waals surface area contributed by atoms with E-state index in [0.29, 0.717) is 34.1 Å². The molecule has 2 heterocycles. The van der Waals surface area contributed by atoms with Crippen LogP contribution in [0.4, 0.5) is 5.82 Å². The van der Waals surface area contributed by atoms with Crippen LogP contribution in [0.2, 0.25) is 0 Å². The van der Waals surface area contributed by atoms with Crippen molar-refractivity contribution in [3.63, 3.8) is 0 Å². The summed E-state index contributed by atoms with van der Waals surface area (Å²) in [5.74, 6) is 0.0405. The lowest BCUT2D eigenvalue weighted by atomic mass is 9.94. The Hall–Kier alpha value is -4.27. The Bertz CT molecular complexity index is 1290. The molecule has 35 heavy (non-hydrogen) atoms. The van der Waals surface area contributed by atoms with Crippen LogP contribution in [0.15, 0.2) is 58.6 Å². The minimum absolute atomic E-state index is 0.0220. The first-order chi connectivity index (χ1) is 16.7. The van der Waals surface area contributed by atoms with Crippen LogP contribution in [0.25, 0.3) is 5.76 Å². The number of carbonyl (C=O) groups excluding carboxylic acids is 2. The maximum atomic E-state index is 13.3. The number of aromatic nitrogens is 1. The number of aliphatic hydroxyl groups excluding tert-OH is 1. The zero-order valence-electron chi connectivity index (χ0n) is 20.1. The summed E-state index contributed by atoms with van der Waals surface area (Å²) in [5.41, 5.74) is 0.676. The normalized spacial score (nSPS) is 17.2. The topological polar surface area (TPSA) is 111 Å². The van der Waals surface area contributed by atoms with Crippen LogP contribution in [0.3, 0.4) is 0 Å². The van der Waals surface area contributed by atoms with Crippen molar-refractivity contribution in [2.24, 2.45) is 0 Å². The average Bonchev–Trinajstić information content (AvgIpc) is 3.38. The van der Waals surface area contributed by atoms with E-state index in [1.165, 1.54) is 19.1 Å². The number of nitrogens with zero attached hydrogens (tertiary/aromatic N) is 2. The number of carbonyl (C=O) groups is 2. The molecule has 1 N–H and O–H groups in total. The van der Waals surface area contributed by atoms with E-state index in [-0.39, 0.29) is 23.3 Å². The first-order valence-corrected chi connectivity index (χ1v) is 11.0. The molecule has 4 rings (SSSR count). The van der Waals surface area contributed by atoms with Crippen LogP contribution in [0, 0.1) is 6.92 Å². The van der Waals surface area contributed by atoms with Gasteiger partial charge in [-0.2, -0.15) is 0 Å². The summed E-state index contributed by atoms with van der Waals surface area (Å²) < 4.78 is 21.7. The molecule has 0 spiro atoms. The molecule has 1 atom stereocenters. The highest BCUT2D eigenvalue weighted by Gasteiger charge is 2.49. The maximum Gasteiger partial charge on any atom is 0.301 e. The van der Waals surface area contributed by atoms with Crippen molar-refractivity contribution in [3.05, 3.63) is 71.0 Å². The fourth-order valence-corrected chi connectivity index (χ4v) is 4.00. The standard InChI is InChI=1S/C26H26N2O7/c1-14(2)34-17-8-6-16(7-9-17)24(29)22-23(19-13-18(32-4)10-11-20(19)33-5)28(26(31)25(22)30)21-12-15(3)35-27-21/h6-14,23,29H,1-5H3.